The molecule has 0 unspecified atom stereocenters. The molecule has 0 aliphatic carbocycles. The SMILES string of the molecule is CC1CCN(C(=O)c2cc(NC(=O)c3cc(C(F)(F)F)cc(C(F)(F)F)c3)c(=O)n(C)c2)CC1. The van der Waals surface area contributed by atoms with E-state index in [9.17, 15) is 40.7 Å². The zero-order valence-corrected chi connectivity index (χ0v) is 18.2. The molecule has 1 aliphatic rings. The number of benzene rings is 1. The molecule has 184 valence electrons. The van der Waals surface area contributed by atoms with Crippen LogP contribution in [0.4, 0.5) is 32.0 Å². The first-order valence-corrected chi connectivity index (χ1v) is 10.3. The molecule has 0 bridgehead atoms. The molecule has 2 aromatic rings. The number of halogens is 6. The highest BCUT2D eigenvalue weighted by Crippen LogP contribution is 2.36. The molecule has 1 aromatic carbocycles. The number of alkyl halides is 6. The standard InChI is InChI=1S/C22H21F6N3O3/c1-12-3-5-31(6-4-12)19(33)14-9-17(20(34)30(2)11-14)29-18(32)13-7-15(21(23,24)25)10-16(8-13)22(26,27)28/h7-12H,3-6H2,1-2H3,(H,29,32). The van der Waals surface area contributed by atoms with E-state index in [1.165, 1.54) is 13.2 Å². The number of carbonyl (C=O) groups excluding carboxylic acids is 2. The van der Waals surface area contributed by atoms with Gasteiger partial charge in [-0.2, -0.15) is 26.3 Å². The summed E-state index contributed by atoms with van der Waals surface area (Å²) in [6, 6.07) is 1.49. The highest BCUT2D eigenvalue weighted by atomic mass is 19.4. The molecule has 34 heavy (non-hydrogen) atoms. The zero-order valence-electron chi connectivity index (χ0n) is 18.2. The van der Waals surface area contributed by atoms with Gasteiger partial charge in [0.1, 0.15) is 5.69 Å². The van der Waals surface area contributed by atoms with Crippen molar-refractivity contribution in [1.29, 1.82) is 0 Å². The van der Waals surface area contributed by atoms with Gasteiger partial charge in [0.2, 0.25) is 0 Å². The van der Waals surface area contributed by atoms with E-state index in [0.29, 0.717) is 19.0 Å². The summed E-state index contributed by atoms with van der Waals surface area (Å²) in [6.45, 7) is 3.05. The Bertz CT molecular complexity index is 1130. The molecule has 0 atom stereocenters. The minimum absolute atomic E-state index is 0.0481. The van der Waals surface area contributed by atoms with Gasteiger partial charge in [0.15, 0.2) is 0 Å². The Hall–Kier alpha value is -3.31. The molecule has 1 N–H and O–H groups in total. The van der Waals surface area contributed by atoms with Crippen LogP contribution in [0.1, 0.15) is 51.6 Å². The lowest BCUT2D eigenvalue weighted by atomic mass is 9.99. The number of aryl methyl sites for hydroxylation is 1. The van der Waals surface area contributed by atoms with Crippen LogP contribution in [-0.4, -0.2) is 34.4 Å². The van der Waals surface area contributed by atoms with E-state index in [-0.39, 0.29) is 23.8 Å². The van der Waals surface area contributed by atoms with E-state index < -0.39 is 52.1 Å². The average molecular weight is 489 g/mol. The predicted molar refractivity (Wildman–Crippen MR) is 110 cm³/mol. The van der Waals surface area contributed by atoms with Gasteiger partial charge in [0.25, 0.3) is 17.4 Å². The van der Waals surface area contributed by atoms with E-state index in [2.05, 4.69) is 12.2 Å². The van der Waals surface area contributed by atoms with Crippen LogP contribution in [0.2, 0.25) is 0 Å². The lowest BCUT2D eigenvalue weighted by Gasteiger charge is -2.30. The zero-order chi connectivity index (χ0) is 25.4. The van der Waals surface area contributed by atoms with Gasteiger partial charge in [0, 0.05) is 31.9 Å². The summed E-state index contributed by atoms with van der Waals surface area (Å²) in [4.78, 5) is 39.4. The highest BCUT2D eigenvalue weighted by Gasteiger charge is 2.37. The van der Waals surface area contributed by atoms with Crippen molar-refractivity contribution in [3.8, 4) is 0 Å². The van der Waals surface area contributed by atoms with Crippen LogP contribution in [0.25, 0.3) is 0 Å². The van der Waals surface area contributed by atoms with Gasteiger partial charge in [-0.1, -0.05) is 6.92 Å². The molecule has 3 rings (SSSR count). The van der Waals surface area contributed by atoms with Crippen molar-refractivity contribution < 1.29 is 35.9 Å². The Morgan fingerprint density at radius 1 is 0.912 bits per heavy atom. The summed E-state index contributed by atoms with van der Waals surface area (Å²) in [7, 11) is 1.30. The van der Waals surface area contributed by atoms with Crippen LogP contribution in [0.15, 0.2) is 35.3 Å². The van der Waals surface area contributed by atoms with Crippen LogP contribution in [0.5, 0.6) is 0 Å². The van der Waals surface area contributed by atoms with Crippen LogP contribution >= 0.6 is 0 Å². The van der Waals surface area contributed by atoms with E-state index in [1.54, 1.807) is 4.90 Å². The van der Waals surface area contributed by atoms with Crippen molar-refractivity contribution in [3.63, 3.8) is 0 Å². The molecule has 2 heterocycles. The number of piperidine rings is 1. The maximum Gasteiger partial charge on any atom is 0.416 e. The monoisotopic (exact) mass is 489 g/mol. The van der Waals surface area contributed by atoms with Crippen LogP contribution in [-0.2, 0) is 19.4 Å². The second kappa shape index (κ2) is 9.15. The lowest BCUT2D eigenvalue weighted by Crippen LogP contribution is -2.38. The fourth-order valence-corrected chi connectivity index (χ4v) is 3.59. The number of carbonyl (C=O) groups is 2. The third kappa shape index (κ3) is 5.60. The number of hydrogen-bond acceptors (Lipinski definition) is 3. The van der Waals surface area contributed by atoms with Crippen molar-refractivity contribution in [3.05, 3.63) is 63.1 Å². The van der Waals surface area contributed by atoms with E-state index in [4.69, 9.17) is 0 Å². The number of amides is 2. The minimum Gasteiger partial charge on any atom is -0.339 e. The Balaban J connectivity index is 1.94. The summed E-state index contributed by atoms with van der Waals surface area (Å²) in [5.41, 5.74) is -5.46. The normalized spacial score (nSPS) is 15.4. The Labute approximate surface area is 190 Å². The number of nitrogens with zero attached hydrogens (tertiary/aromatic N) is 2. The first kappa shape index (κ1) is 25.3. The summed E-state index contributed by atoms with van der Waals surface area (Å²) in [6.07, 6.45) is -7.43. The molecule has 0 spiro atoms. The van der Waals surface area contributed by atoms with Gasteiger partial charge in [-0.25, -0.2) is 0 Å². The first-order valence-electron chi connectivity index (χ1n) is 10.3. The third-order valence-corrected chi connectivity index (χ3v) is 5.60. The molecule has 6 nitrogen and oxygen atoms in total. The second-order valence-electron chi connectivity index (χ2n) is 8.28. The van der Waals surface area contributed by atoms with E-state index >= 15 is 0 Å². The molecular formula is C22H21F6N3O3. The van der Waals surface area contributed by atoms with Gasteiger partial charge in [-0.3, -0.25) is 14.4 Å². The fourth-order valence-electron chi connectivity index (χ4n) is 3.59. The molecule has 2 amide bonds. The van der Waals surface area contributed by atoms with Crippen LogP contribution < -0.4 is 10.9 Å². The second-order valence-corrected chi connectivity index (χ2v) is 8.28. The summed E-state index contributed by atoms with van der Waals surface area (Å²) in [5.74, 6) is -1.31. The Morgan fingerprint density at radius 3 is 1.94 bits per heavy atom. The number of anilines is 1. The fraction of sp³-hybridized carbons (Fsp3) is 0.409. The van der Waals surface area contributed by atoms with E-state index in [1.807, 2.05) is 0 Å². The van der Waals surface area contributed by atoms with Crippen molar-refractivity contribution >= 4 is 17.5 Å². The number of rotatable bonds is 3. The summed E-state index contributed by atoms with van der Waals surface area (Å²) >= 11 is 0. The van der Waals surface area contributed by atoms with Gasteiger partial charge >= 0.3 is 12.4 Å². The quantitative estimate of drug-likeness (QED) is 0.644. The van der Waals surface area contributed by atoms with E-state index in [0.717, 1.165) is 23.5 Å². The number of pyridine rings is 1. The van der Waals surface area contributed by atoms with Gasteiger partial charge in [-0.05, 0) is 43.0 Å². The van der Waals surface area contributed by atoms with Crippen LogP contribution in [0, 0.1) is 5.92 Å². The topological polar surface area (TPSA) is 71.4 Å². The number of nitrogens with one attached hydrogen (secondary N) is 1. The average Bonchev–Trinajstić information content (AvgIpc) is 2.75. The summed E-state index contributed by atoms with van der Waals surface area (Å²) < 4.78 is 79.6. The maximum atomic E-state index is 13.1. The largest absolute Gasteiger partial charge is 0.416 e. The molecule has 0 radical (unpaired) electrons. The number of hydrogen-bond donors (Lipinski definition) is 1. The highest BCUT2D eigenvalue weighted by molar-refractivity contribution is 6.05. The Kier molecular flexibility index (Phi) is 6.81. The molecule has 1 saturated heterocycles. The minimum atomic E-state index is -5.13. The molecular weight excluding hydrogens is 468 g/mol. The van der Waals surface area contributed by atoms with Crippen molar-refractivity contribution in [2.45, 2.75) is 32.1 Å². The molecule has 1 aliphatic heterocycles. The predicted octanol–water partition coefficient (Wildman–Crippen LogP) is 4.55. The molecule has 1 fully saturated rings. The van der Waals surface area contributed by atoms with Crippen molar-refractivity contribution in [2.24, 2.45) is 13.0 Å². The first-order chi connectivity index (χ1) is 15.7. The maximum absolute atomic E-state index is 13.1. The van der Waals surface area contributed by atoms with Gasteiger partial charge < -0.3 is 14.8 Å². The third-order valence-electron chi connectivity index (χ3n) is 5.60. The smallest absolute Gasteiger partial charge is 0.339 e. The molecule has 12 heteroatoms. The van der Waals surface area contributed by atoms with Gasteiger partial charge in [-0.15, -0.1) is 0 Å². The van der Waals surface area contributed by atoms with Crippen LogP contribution in [0.3, 0.4) is 0 Å². The Morgan fingerprint density at radius 2 is 1.44 bits per heavy atom. The molecule has 0 saturated carbocycles. The van der Waals surface area contributed by atoms with Crippen molar-refractivity contribution in [1.82, 2.24) is 9.47 Å². The number of likely N-dealkylation sites (tertiary alicyclic amines) is 1. The van der Waals surface area contributed by atoms with Crippen molar-refractivity contribution in [2.75, 3.05) is 18.4 Å². The molecule has 1 aromatic heterocycles. The van der Waals surface area contributed by atoms with Gasteiger partial charge in [0.05, 0.1) is 16.7 Å². The lowest BCUT2D eigenvalue weighted by molar-refractivity contribution is -0.143. The number of aromatic nitrogens is 1. The summed E-state index contributed by atoms with van der Waals surface area (Å²) in [5, 5.41) is 2.05.